The van der Waals surface area contributed by atoms with Crippen molar-refractivity contribution in [2.75, 3.05) is 18.0 Å². The van der Waals surface area contributed by atoms with E-state index in [2.05, 4.69) is 39.2 Å². The highest BCUT2D eigenvalue weighted by molar-refractivity contribution is 8.16. The Kier molecular flexibility index (Phi) is 9.48. The first kappa shape index (κ1) is 30.0. The zero-order valence-corrected chi connectivity index (χ0v) is 25.0. The van der Waals surface area contributed by atoms with Crippen molar-refractivity contribution in [2.24, 2.45) is 4.99 Å². The molecule has 212 valence electrons. The van der Waals surface area contributed by atoms with Gasteiger partial charge in [-0.25, -0.2) is 0 Å². The topological polar surface area (TPSA) is 86.9 Å². The van der Waals surface area contributed by atoms with Gasteiger partial charge in [-0.15, -0.1) is 24.8 Å². The molecule has 3 aromatic rings. The van der Waals surface area contributed by atoms with Crippen molar-refractivity contribution in [3.05, 3.63) is 82.4 Å². The summed E-state index contributed by atoms with van der Waals surface area (Å²) in [6.45, 7) is 7.05. The number of thioether (sulfide) groups is 1. The second-order valence-corrected chi connectivity index (χ2v) is 11.2. The number of phenols is 1. The highest BCUT2D eigenvalue weighted by Crippen LogP contribution is 2.38. The Labute approximate surface area is 251 Å². The average molecular weight is 602 g/mol. The summed E-state index contributed by atoms with van der Waals surface area (Å²) < 4.78 is 1.93. The average Bonchev–Trinajstić information content (AvgIpc) is 3.66. The fourth-order valence-electron chi connectivity index (χ4n) is 5.49. The zero-order chi connectivity index (χ0) is 26.2. The number of fused-ring (bicyclic) bond motifs is 2. The van der Waals surface area contributed by atoms with Gasteiger partial charge < -0.3 is 14.9 Å². The highest BCUT2D eigenvalue weighted by atomic mass is 35.5. The molecule has 0 saturated heterocycles. The maximum atomic E-state index is 14.2. The number of rotatable bonds is 7. The number of aliphatic imine (C=N–C) groups is 1. The molecule has 40 heavy (non-hydrogen) atoms. The van der Waals surface area contributed by atoms with Crippen LogP contribution in [0.25, 0.3) is 0 Å². The molecule has 6 rings (SSSR count). The van der Waals surface area contributed by atoms with Gasteiger partial charge in [-0.3, -0.25) is 19.5 Å². The van der Waals surface area contributed by atoms with Crippen LogP contribution in [-0.4, -0.2) is 48.9 Å². The third-order valence-corrected chi connectivity index (χ3v) is 8.47. The van der Waals surface area contributed by atoms with Crippen molar-refractivity contribution >= 4 is 53.3 Å². The van der Waals surface area contributed by atoms with Crippen molar-refractivity contribution in [1.29, 1.82) is 0 Å². The molecule has 1 aromatic carbocycles. The summed E-state index contributed by atoms with van der Waals surface area (Å²) in [6.07, 6.45) is 8.09. The molecule has 0 saturated carbocycles. The van der Waals surface area contributed by atoms with E-state index in [1.54, 1.807) is 24.0 Å². The number of benzene rings is 1. The molecule has 11 heteroatoms. The first-order valence-electron chi connectivity index (χ1n) is 13.2. The van der Waals surface area contributed by atoms with Gasteiger partial charge in [0.25, 0.3) is 0 Å². The molecule has 0 bridgehead atoms. The quantitative estimate of drug-likeness (QED) is 0.365. The summed E-state index contributed by atoms with van der Waals surface area (Å²) in [5.74, 6) is 0.306. The van der Waals surface area contributed by atoms with E-state index in [9.17, 15) is 9.90 Å². The van der Waals surface area contributed by atoms with Crippen LogP contribution in [0.15, 0.2) is 65.0 Å². The number of phenolic OH excluding ortho intramolecular Hbond substituents is 1. The molecule has 4 heterocycles. The number of aromatic hydroxyl groups is 1. The zero-order valence-electron chi connectivity index (χ0n) is 22.6. The highest BCUT2D eigenvalue weighted by Gasteiger charge is 2.32. The third-order valence-electron chi connectivity index (χ3n) is 7.52. The standard InChI is InChI=1S/C29H32N6O2S.2ClH/c1-19(2)26-10-9-21(14-31-26)35(28(37)25-7-3-6-24-23(25)5-4-8-27(24)36)16-20-13-32-33(15-20)17-22-18-38-29-30-11-12-34(22)29;;/h4-5,8-10,13-15,18-19,25,36H,3,6-7,11-12,16-17H2,1-2H3;2*1H. The summed E-state index contributed by atoms with van der Waals surface area (Å²) in [6, 6.07) is 9.52. The Morgan fingerprint density at radius 2 is 2.05 bits per heavy atom. The van der Waals surface area contributed by atoms with Crippen molar-refractivity contribution < 1.29 is 9.90 Å². The Bertz CT molecular complexity index is 1420. The van der Waals surface area contributed by atoms with E-state index in [0.717, 1.165) is 65.6 Å². The van der Waals surface area contributed by atoms with E-state index < -0.39 is 0 Å². The number of carbonyl (C=O) groups is 1. The Hall–Kier alpha value is -3.01. The molecular formula is C29H34Cl2N6O2S. The van der Waals surface area contributed by atoms with Crippen molar-refractivity contribution in [3.63, 3.8) is 0 Å². The van der Waals surface area contributed by atoms with Gasteiger partial charge in [-0.05, 0) is 54.5 Å². The first-order valence-corrected chi connectivity index (χ1v) is 14.1. The minimum Gasteiger partial charge on any atom is -0.508 e. The normalized spacial score (nSPS) is 17.4. The monoisotopic (exact) mass is 600 g/mol. The van der Waals surface area contributed by atoms with Crippen LogP contribution in [0, 0.1) is 0 Å². The number of carbonyl (C=O) groups excluding carboxylic acids is 1. The molecule has 2 aliphatic heterocycles. The minimum absolute atomic E-state index is 0. The number of halogens is 2. The summed E-state index contributed by atoms with van der Waals surface area (Å²) in [5, 5.41) is 18.3. The van der Waals surface area contributed by atoms with Crippen LogP contribution in [0.3, 0.4) is 0 Å². The number of amidine groups is 1. The Morgan fingerprint density at radius 1 is 1.20 bits per heavy atom. The van der Waals surface area contributed by atoms with Gasteiger partial charge in [-0.1, -0.05) is 37.7 Å². The molecule has 1 atom stereocenters. The van der Waals surface area contributed by atoms with E-state index >= 15 is 0 Å². The fourth-order valence-corrected chi connectivity index (χ4v) is 6.44. The van der Waals surface area contributed by atoms with Crippen LogP contribution in [0.1, 0.15) is 60.9 Å². The lowest BCUT2D eigenvalue weighted by Crippen LogP contribution is -2.36. The SMILES string of the molecule is CC(C)c1ccc(N(Cc2cnn(CC3=CSC4=NCCN34)c2)C(=O)C2CCCc3c(O)cccc32)cn1.Cl.Cl. The summed E-state index contributed by atoms with van der Waals surface area (Å²) in [7, 11) is 0. The summed E-state index contributed by atoms with van der Waals surface area (Å²) in [5.41, 5.74) is 5.75. The van der Waals surface area contributed by atoms with Crippen molar-refractivity contribution in [3.8, 4) is 5.75 Å². The molecule has 1 amide bonds. The van der Waals surface area contributed by atoms with Gasteiger partial charge in [0, 0.05) is 35.1 Å². The lowest BCUT2D eigenvalue weighted by atomic mass is 9.81. The molecule has 2 aromatic heterocycles. The van der Waals surface area contributed by atoms with Crippen LogP contribution in [0.5, 0.6) is 5.75 Å². The predicted octanol–water partition coefficient (Wildman–Crippen LogP) is 5.86. The molecule has 1 aliphatic carbocycles. The van der Waals surface area contributed by atoms with E-state index in [1.165, 1.54) is 5.70 Å². The van der Waals surface area contributed by atoms with Gasteiger partial charge >= 0.3 is 0 Å². The maximum Gasteiger partial charge on any atom is 0.234 e. The van der Waals surface area contributed by atoms with E-state index in [1.807, 2.05) is 46.2 Å². The van der Waals surface area contributed by atoms with Gasteiger partial charge in [0.15, 0.2) is 5.17 Å². The number of allylic oxidation sites excluding steroid dienone is 1. The number of hydrogen-bond donors (Lipinski definition) is 1. The van der Waals surface area contributed by atoms with Crippen LogP contribution in [-0.2, 0) is 24.3 Å². The van der Waals surface area contributed by atoms with E-state index in [0.29, 0.717) is 19.0 Å². The van der Waals surface area contributed by atoms with Crippen LogP contribution < -0.4 is 4.90 Å². The lowest BCUT2D eigenvalue weighted by Gasteiger charge is -2.31. The molecule has 0 radical (unpaired) electrons. The number of aromatic nitrogens is 3. The lowest BCUT2D eigenvalue weighted by molar-refractivity contribution is -0.120. The first-order chi connectivity index (χ1) is 18.5. The van der Waals surface area contributed by atoms with Crippen molar-refractivity contribution in [1.82, 2.24) is 19.7 Å². The molecule has 0 spiro atoms. The van der Waals surface area contributed by atoms with Gasteiger partial charge in [0.2, 0.25) is 5.91 Å². The number of amides is 1. The predicted molar refractivity (Wildman–Crippen MR) is 165 cm³/mol. The summed E-state index contributed by atoms with van der Waals surface area (Å²) >= 11 is 1.67. The molecule has 3 aliphatic rings. The van der Waals surface area contributed by atoms with E-state index in [4.69, 9.17) is 0 Å². The van der Waals surface area contributed by atoms with Crippen LogP contribution >= 0.6 is 36.6 Å². The smallest absolute Gasteiger partial charge is 0.234 e. The van der Waals surface area contributed by atoms with Gasteiger partial charge in [0.05, 0.1) is 43.6 Å². The van der Waals surface area contributed by atoms with Gasteiger partial charge in [-0.2, -0.15) is 5.10 Å². The van der Waals surface area contributed by atoms with Crippen LogP contribution in [0.2, 0.25) is 0 Å². The largest absolute Gasteiger partial charge is 0.508 e. The molecule has 0 fully saturated rings. The van der Waals surface area contributed by atoms with E-state index in [-0.39, 0.29) is 42.4 Å². The second kappa shape index (κ2) is 12.7. The molecule has 1 N–H and O–H groups in total. The Morgan fingerprint density at radius 3 is 2.83 bits per heavy atom. The minimum atomic E-state index is -0.306. The molecule has 8 nitrogen and oxygen atoms in total. The number of nitrogens with zero attached hydrogens (tertiary/aromatic N) is 6. The van der Waals surface area contributed by atoms with Crippen LogP contribution in [0.4, 0.5) is 5.69 Å². The van der Waals surface area contributed by atoms with Crippen molar-refractivity contribution in [2.45, 2.75) is 58.0 Å². The maximum absolute atomic E-state index is 14.2. The second-order valence-electron chi connectivity index (χ2n) is 10.4. The number of pyridine rings is 1. The Balaban J connectivity index is 0.00000185. The molecule has 1 unspecified atom stereocenters. The molecular weight excluding hydrogens is 567 g/mol. The number of hydrogen-bond acceptors (Lipinski definition) is 7. The number of anilines is 1. The third kappa shape index (κ3) is 5.87. The summed E-state index contributed by atoms with van der Waals surface area (Å²) in [4.78, 5) is 27.4. The van der Waals surface area contributed by atoms with Gasteiger partial charge in [0.1, 0.15) is 5.75 Å². The fraction of sp³-hybridized carbons (Fsp3) is 0.379.